The molecule has 1 amide bonds. The summed E-state index contributed by atoms with van der Waals surface area (Å²) in [7, 11) is 0. The number of carbonyl (C=O) groups excluding carboxylic acids is 1. The van der Waals surface area contributed by atoms with Crippen molar-refractivity contribution in [3.8, 4) is 5.75 Å². The van der Waals surface area contributed by atoms with E-state index in [1.54, 1.807) is 0 Å². The van der Waals surface area contributed by atoms with Crippen LogP contribution in [0.5, 0.6) is 5.75 Å². The number of benzene rings is 1. The van der Waals surface area contributed by atoms with Crippen LogP contribution in [0.2, 0.25) is 0 Å². The van der Waals surface area contributed by atoms with Gasteiger partial charge in [0.2, 0.25) is 0 Å². The molecule has 0 aliphatic heterocycles. The van der Waals surface area contributed by atoms with Gasteiger partial charge in [-0.05, 0) is 37.3 Å². The lowest BCUT2D eigenvalue weighted by Gasteiger charge is -2.19. The second kappa shape index (κ2) is 10.3. The van der Waals surface area contributed by atoms with Crippen LogP contribution >= 0.6 is 0 Å². The number of unbranched alkanes of at least 4 members (excludes halogenated alkanes) is 1. The minimum atomic E-state index is -0.462. The molecule has 1 aromatic rings. The normalized spacial score (nSPS) is 13.5. The lowest BCUT2D eigenvalue weighted by molar-refractivity contribution is -0.127. The number of aryl methyl sites for hydroxylation is 1. The van der Waals surface area contributed by atoms with Crippen molar-refractivity contribution >= 4 is 5.91 Å². The molecule has 0 heterocycles. The van der Waals surface area contributed by atoms with Gasteiger partial charge in [0.05, 0.1) is 0 Å². The number of amides is 1. The Morgan fingerprint density at radius 2 is 1.95 bits per heavy atom. The number of ether oxygens (including phenoxy) is 1. The van der Waals surface area contributed by atoms with E-state index in [0.29, 0.717) is 5.92 Å². The van der Waals surface area contributed by atoms with Gasteiger partial charge in [0.15, 0.2) is 6.10 Å². The van der Waals surface area contributed by atoms with Crippen molar-refractivity contribution in [2.45, 2.75) is 65.9 Å². The standard InChI is InChI=1S/C19H31NO2/c1-5-8-11-16(6-2)14-20-19(21)15(4)22-18-13-10-9-12-17(18)7-3/h9-10,12-13,15-16H,5-8,11,14H2,1-4H3,(H,20,21)/t15-,16+/m1/s1. The molecule has 0 unspecified atom stereocenters. The first-order valence-electron chi connectivity index (χ1n) is 8.64. The molecular formula is C19H31NO2. The maximum atomic E-state index is 12.2. The molecule has 22 heavy (non-hydrogen) atoms. The number of para-hydroxylation sites is 1. The Kier molecular flexibility index (Phi) is 8.64. The van der Waals surface area contributed by atoms with Gasteiger partial charge in [-0.25, -0.2) is 0 Å². The Labute approximate surface area is 135 Å². The van der Waals surface area contributed by atoms with Gasteiger partial charge < -0.3 is 10.1 Å². The SMILES string of the molecule is CCCC[C@H](CC)CNC(=O)[C@@H](C)Oc1ccccc1CC. The molecule has 0 aliphatic carbocycles. The molecule has 3 heteroatoms. The monoisotopic (exact) mass is 305 g/mol. The highest BCUT2D eigenvalue weighted by atomic mass is 16.5. The van der Waals surface area contributed by atoms with Crippen LogP contribution in [0.25, 0.3) is 0 Å². The molecule has 0 aromatic heterocycles. The Morgan fingerprint density at radius 3 is 2.59 bits per heavy atom. The van der Waals surface area contributed by atoms with E-state index >= 15 is 0 Å². The summed E-state index contributed by atoms with van der Waals surface area (Å²) in [4.78, 5) is 12.2. The predicted octanol–water partition coefficient (Wildman–Crippen LogP) is 4.35. The van der Waals surface area contributed by atoms with E-state index < -0.39 is 6.10 Å². The maximum absolute atomic E-state index is 12.2. The van der Waals surface area contributed by atoms with Gasteiger partial charge in [-0.2, -0.15) is 0 Å². The number of carbonyl (C=O) groups is 1. The van der Waals surface area contributed by atoms with E-state index in [4.69, 9.17) is 4.74 Å². The zero-order chi connectivity index (χ0) is 16.4. The van der Waals surface area contributed by atoms with E-state index in [9.17, 15) is 4.79 Å². The van der Waals surface area contributed by atoms with Gasteiger partial charge >= 0.3 is 0 Å². The molecular weight excluding hydrogens is 274 g/mol. The summed E-state index contributed by atoms with van der Waals surface area (Å²) >= 11 is 0. The van der Waals surface area contributed by atoms with E-state index in [-0.39, 0.29) is 5.91 Å². The number of hydrogen-bond acceptors (Lipinski definition) is 2. The topological polar surface area (TPSA) is 38.3 Å². The number of nitrogens with one attached hydrogen (secondary N) is 1. The van der Waals surface area contributed by atoms with Gasteiger partial charge in [0.25, 0.3) is 5.91 Å². The molecule has 2 atom stereocenters. The van der Waals surface area contributed by atoms with Crippen LogP contribution in [0, 0.1) is 5.92 Å². The second-order valence-electron chi connectivity index (χ2n) is 5.88. The first-order chi connectivity index (χ1) is 10.6. The molecule has 1 aromatic carbocycles. The van der Waals surface area contributed by atoms with Crippen molar-refractivity contribution in [3.05, 3.63) is 29.8 Å². The third-order valence-electron chi connectivity index (χ3n) is 4.13. The van der Waals surface area contributed by atoms with Crippen LogP contribution in [-0.2, 0) is 11.2 Å². The third-order valence-corrected chi connectivity index (χ3v) is 4.13. The first kappa shape index (κ1) is 18.5. The van der Waals surface area contributed by atoms with Crippen molar-refractivity contribution in [1.82, 2.24) is 5.32 Å². The summed E-state index contributed by atoms with van der Waals surface area (Å²) < 4.78 is 5.83. The fraction of sp³-hybridized carbons (Fsp3) is 0.632. The van der Waals surface area contributed by atoms with E-state index in [0.717, 1.165) is 30.7 Å². The quantitative estimate of drug-likeness (QED) is 0.698. The predicted molar refractivity (Wildman–Crippen MR) is 92.2 cm³/mol. The molecule has 1 N–H and O–H groups in total. The van der Waals surface area contributed by atoms with Crippen LogP contribution < -0.4 is 10.1 Å². The van der Waals surface area contributed by atoms with Crippen molar-refractivity contribution in [3.63, 3.8) is 0 Å². The van der Waals surface area contributed by atoms with Crippen LogP contribution in [0.1, 0.15) is 58.9 Å². The van der Waals surface area contributed by atoms with Gasteiger partial charge in [-0.3, -0.25) is 4.79 Å². The molecule has 0 spiro atoms. The van der Waals surface area contributed by atoms with Gasteiger partial charge in [0.1, 0.15) is 5.75 Å². The highest BCUT2D eigenvalue weighted by Crippen LogP contribution is 2.19. The lowest BCUT2D eigenvalue weighted by Crippen LogP contribution is -2.39. The first-order valence-corrected chi connectivity index (χ1v) is 8.64. The molecule has 0 saturated heterocycles. The Bertz CT molecular complexity index is 445. The fourth-order valence-electron chi connectivity index (χ4n) is 2.49. The van der Waals surface area contributed by atoms with Crippen molar-refractivity contribution < 1.29 is 9.53 Å². The van der Waals surface area contributed by atoms with Crippen molar-refractivity contribution in [1.29, 1.82) is 0 Å². The van der Waals surface area contributed by atoms with Gasteiger partial charge in [0, 0.05) is 6.54 Å². The molecule has 0 saturated carbocycles. The summed E-state index contributed by atoms with van der Waals surface area (Å²) in [5, 5.41) is 3.04. The van der Waals surface area contributed by atoms with E-state index in [2.05, 4.69) is 26.1 Å². The lowest BCUT2D eigenvalue weighted by atomic mass is 9.99. The Balaban J connectivity index is 2.47. The zero-order valence-corrected chi connectivity index (χ0v) is 14.5. The molecule has 0 bridgehead atoms. The van der Waals surface area contributed by atoms with Crippen molar-refractivity contribution in [2.75, 3.05) is 6.54 Å². The fourth-order valence-corrected chi connectivity index (χ4v) is 2.49. The van der Waals surface area contributed by atoms with Gasteiger partial charge in [-0.15, -0.1) is 0 Å². The van der Waals surface area contributed by atoms with Crippen LogP contribution in [-0.4, -0.2) is 18.6 Å². The molecule has 0 radical (unpaired) electrons. The maximum Gasteiger partial charge on any atom is 0.260 e. The number of hydrogen-bond donors (Lipinski definition) is 1. The van der Waals surface area contributed by atoms with E-state index in [1.807, 2.05) is 31.2 Å². The van der Waals surface area contributed by atoms with Crippen LogP contribution in [0.4, 0.5) is 0 Å². The highest BCUT2D eigenvalue weighted by Gasteiger charge is 2.17. The Hall–Kier alpha value is -1.51. The average molecular weight is 305 g/mol. The molecule has 3 nitrogen and oxygen atoms in total. The number of rotatable bonds is 10. The zero-order valence-electron chi connectivity index (χ0n) is 14.5. The summed E-state index contributed by atoms with van der Waals surface area (Å²) in [6.07, 6.45) is 5.16. The minimum Gasteiger partial charge on any atom is -0.481 e. The second-order valence-corrected chi connectivity index (χ2v) is 5.88. The molecule has 0 fully saturated rings. The van der Waals surface area contributed by atoms with Crippen LogP contribution in [0.3, 0.4) is 0 Å². The summed E-state index contributed by atoms with van der Waals surface area (Å²) in [6.45, 7) is 9.04. The molecule has 124 valence electrons. The molecule has 0 aliphatic rings. The Morgan fingerprint density at radius 1 is 1.23 bits per heavy atom. The van der Waals surface area contributed by atoms with Crippen LogP contribution in [0.15, 0.2) is 24.3 Å². The summed E-state index contributed by atoms with van der Waals surface area (Å²) in [6, 6.07) is 7.91. The highest BCUT2D eigenvalue weighted by molar-refractivity contribution is 5.80. The summed E-state index contributed by atoms with van der Waals surface area (Å²) in [5.74, 6) is 1.35. The van der Waals surface area contributed by atoms with Gasteiger partial charge in [-0.1, -0.05) is 58.2 Å². The smallest absolute Gasteiger partial charge is 0.260 e. The van der Waals surface area contributed by atoms with Crippen molar-refractivity contribution in [2.24, 2.45) is 5.92 Å². The average Bonchev–Trinajstić information content (AvgIpc) is 2.55. The summed E-state index contributed by atoms with van der Waals surface area (Å²) in [5.41, 5.74) is 1.14. The third kappa shape index (κ3) is 6.08. The van der Waals surface area contributed by atoms with E-state index in [1.165, 1.54) is 19.3 Å². The molecule has 1 rings (SSSR count). The largest absolute Gasteiger partial charge is 0.481 e. The minimum absolute atomic E-state index is 0.0270.